The van der Waals surface area contributed by atoms with Gasteiger partial charge in [-0.05, 0) is 30.6 Å². The van der Waals surface area contributed by atoms with E-state index in [0.717, 1.165) is 19.3 Å². The molecule has 0 aromatic carbocycles. The lowest BCUT2D eigenvalue weighted by Gasteiger charge is -2.17. The van der Waals surface area contributed by atoms with Gasteiger partial charge in [0, 0.05) is 12.1 Å². The third-order valence-corrected chi connectivity index (χ3v) is 3.72. The quantitative estimate of drug-likeness (QED) is 0.678. The highest BCUT2D eigenvalue weighted by Crippen LogP contribution is 2.44. The number of nitrogens with one attached hydrogen (secondary N) is 2. The Balaban J connectivity index is 1.77. The van der Waals surface area contributed by atoms with Crippen LogP contribution >= 0.6 is 0 Å². The number of hydrogen-bond acceptors (Lipinski definition) is 2. The van der Waals surface area contributed by atoms with Gasteiger partial charge in [-0.3, -0.25) is 4.79 Å². The molecule has 2 rings (SSSR count). The minimum absolute atomic E-state index is 0.0200. The average molecular weight is 240 g/mol. The zero-order chi connectivity index (χ0) is 12.6. The molecule has 2 aliphatic carbocycles. The van der Waals surface area contributed by atoms with E-state index in [-0.39, 0.29) is 30.0 Å². The second kappa shape index (κ2) is 4.20. The van der Waals surface area contributed by atoms with Gasteiger partial charge in [-0.25, -0.2) is 4.79 Å². The van der Waals surface area contributed by atoms with Crippen LogP contribution in [0.15, 0.2) is 0 Å². The molecule has 5 heteroatoms. The van der Waals surface area contributed by atoms with Gasteiger partial charge in [-0.2, -0.15) is 0 Å². The van der Waals surface area contributed by atoms with Crippen molar-refractivity contribution >= 4 is 12.0 Å². The van der Waals surface area contributed by atoms with Crippen LogP contribution in [0.5, 0.6) is 0 Å². The molecule has 17 heavy (non-hydrogen) atoms. The number of aliphatic carboxylic acids is 1. The van der Waals surface area contributed by atoms with Crippen LogP contribution in [0.2, 0.25) is 0 Å². The summed E-state index contributed by atoms with van der Waals surface area (Å²) in [5, 5.41) is 14.5. The number of carbonyl (C=O) groups is 2. The third-order valence-electron chi connectivity index (χ3n) is 3.72. The van der Waals surface area contributed by atoms with E-state index in [1.165, 1.54) is 0 Å². The monoisotopic (exact) mass is 240 g/mol. The van der Waals surface area contributed by atoms with E-state index >= 15 is 0 Å². The number of urea groups is 1. The highest BCUT2D eigenvalue weighted by Gasteiger charge is 2.47. The maximum atomic E-state index is 11.7. The van der Waals surface area contributed by atoms with E-state index in [1.807, 2.05) is 0 Å². The molecule has 0 heterocycles. The molecule has 2 atom stereocenters. The molecule has 3 N–H and O–H groups in total. The van der Waals surface area contributed by atoms with Gasteiger partial charge in [0.05, 0.1) is 6.42 Å². The molecule has 0 aliphatic heterocycles. The van der Waals surface area contributed by atoms with Crippen molar-refractivity contribution in [2.75, 3.05) is 0 Å². The molecule has 5 nitrogen and oxygen atoms in total. The standard InChI is InChI=1S/C12H20N2O3/c1-12(2)6-9(12)14-11(17)13-8(5-10(15)16)7-3-4-7/h7-9H,3-6H2,1-2H3,(H,15,16)(H2,13,14,17). The second-order valence-electron chi connectivity index (χ2n) is 5.90. The smallest absolute Gasteiger partial charge is 0.315 e. The highest BCUT2D eigenvalue weighted by molar-refractivity contribution is 5.76. The van der Waals surface area contributed by atoms with Crippen LogP contribution < -0.4 is 10.6 Å². The predicted octanol–water partition coefficient (Wildman–Crippen LogP) is 1.34. The Bertz CT molecular complexity index is 337. The summed E-state index contributed by atoms with van der Waals surface area (Å²) in [5.41, 5.74) is 0.194. The van der Waals surface area contributed by atoms with Crippen LogP contribution in [0.3, 0.4) is 0 Å². The summed E-state index contributed by atoms with van der Waals surface area (Å²) in [6.45, 7) is 4.21. The fourth-order valence-electron chi connectivity index (χ4n) is 2.10. The number of carboxylic acid groups (broad SMARTS) is 1. The van der Waals surface area contributed by atoms with Gasteiger partial charge in [0.25, 0.3) is 0 Å². The van der Waals surface area contributed by atoms with Crippen LogP contribution in [-0.2, 0) is 4.79 Å². The summed E-state index contributed by atoms with van der Waals surface area (Å²) in [5.74, 6) is -0.502. The summed E-state index contributed by atoms with van der Waals surface area (Å²) < 4.78 is 0. The minimum atomic E-state index is -0.853. The molecule has 2 fully saturated rings. The molecule has 0 radical (unpaired) electrons. The molecule has 96 valence electrons. The zero-order valence-corrected chi connectivity index (χ0v) is 10.3. The van der Waals surface area contributed by atoms with Crippen LogP contribution in [0.25, 0.3) is 0 Å². The van der Waals surface area contributed by atoms with E-state index in [9.17, 15) is 9.59 Å². The Morgan fingerprint density at radius 3 is 2.41 bits per heavy atom. The molecule has 0 bridgehead atoms. The lowest BCUT2D eigenvalue weighted by molar-refractivity contribution is -0.137. The fraction of sp³-hybridized carbons (Fsp3) is 0.833. The first-order chi connectivity index (χ1) is 7.88. The van der Waals surface area contributed by atoms with E-state index in [0.29, 0.717) is 5.92 Å². The topological polar surface area (TPSA) is 78.4 Å². The van der Waals surface area contributed by atoms with Crippen molar-refractivity contribution in [3.05, 3.63) is 0 Å². The van der Waals surface area contributed by atoms with Crippen molar-refractivity contribution in [2.24, 2.45) is 11.3 Å². The second-order valence-corrected chi connectivity index (χ2v) is 5.90. The largest absolute Gasteiger partial charge is 0.481 e. The number of rotatable bonds is 5. The van der Waals surface area contributed by atoms with Gasteiger partial charge >= 0.3 is 12.0 Å². The van der Waals surface area contributed by atoms with Crippen molar-refractivity contribution in [1.82, 2.24) is 10.6 Å². The molecule has 2 amide bonds. The Kier molecular flexibility index (Phi) is 3.02. The van der Waals surface area contributed by atoms with Crippen molar-refractivity contribution in [3.63, 3.8) is 0 Å². The third kappa shape index (κ3) is 3.35. The first-order valence-corrected chi connectivity index (χ1v) is 6.17. The van der Waals surface area contributed by atoms with Crippen molar-refractivity contribution in [3.8, 4) is 0 Å². The van der Waals surface area contributed by atoms with Gasteiger partial charge < -0.3 is 15.7 Å². The molecule has 0 aromatic rings. The van der Waals surface area contributed by atoms with Crippen molar-refractivity contribution in [1.29, 1.82) is 0 Å². The van der Waals surface area contributed by atoms with Crippen LogP contribution in [-0.4, -0.2) is 29.2 Å². The first kappa shape index (κ1) is 12.2. The normalized spacial score (nSPS) is 27.1. The van der Waals surface area contributed by atoms with E-state index < -0.39 is 5.97 Å². The minimum Gasteiger partial charge on any atom is -0.481 e. The highest BCUT2D eigenvalue weighted by atomic mass is 16.4. The van der Waals surface area contributed by atoms with Crippen LogP contribution in [0.4, 0.5) is 4.79 Å². The van der Waals surface area contributed by atoms with Crippen LogP contribution in [0, 0.1) is 11.3 Å². The molecule has 2 saturated carbocycles. The molecule has 2 unspecified atom stereocenters. The first-order valence-electron chi connectivity index (χ1n) is 6.17. The Morgan fingerprint density at radius 2 is 2.00 bits per heavy atom. The lowest BCUT2D eigenvalue weighted by Crippen LogP contribution is -2.45. The summed E-state index contributed by atoms with van der Waals surface area (Å²) >= 11 is 0. The zero-order valence-electron chi connectivity index (χ0n) is 10.3. The Hall–Kier alpha value is -1.26. The van der Waals surface area contributed by atoms with Gasteiger partial charge in [0.2, 0.25) is 0 Å². The molecular formula is C12H20N2O3. The van der Waals surface area contributed by atoms with E-state index in [1.54, 1.807) is 0 Å². The van der Waals surface area contributed by atoms with E-state index in [2.05, 4.69) is 24.5 Å². The maximum absolute atomic E-state index is 11.7. The summed E-state index contributed by atoms with van der Waals surface area (Å²) in [4.78, 5) is 22.4. The number of amides is 2. The fourth-order valence-corrected chi connectivity index (χ4v) is 2.10. The van der Waals surface area contributed by atoms with Gasteiger partial charge in [-0.1, -0.05) is 13.8 Å². The summed E-state index contributed by atoms with van der Waals surface area (Å²) in [6, 6.07) is -0.208. The average Bonchev–Trinajstić information content (AvgIpc) is 3.03. The number of hydrogen-bond donors (Lipinski definition) is 3. The molecular weight excluding hydrogens is 220 g/mol. The molecule has 2 aliphatic rings. The van der Waals surface area contributed by atoms with Gasteiger partial charge in [0.15, 0.2) is 0 Å². The van der Waals surface area contributed by atoms with Crippen molar-refractivity contribution < 1.29 is 14.7 Å². The van der Waals surface area contributed by atoms with Gasteiger partial charge in [-0.15, -0.1) is 0 Å². The van der Waals surface area contributed by atoms with Gasteiger partial charge in [0.1, 0.15) is 0 Å². The molecule has 0 saturated heterocycles. The number of carboxylic acids is 1. The van der Waals surface area contributed by atoms with Crippen LogP contribution in [0.1, 0.15) is 39.5 Å². The lowest BCUT2D eigenvalue weighted by atomic mass is 10.1. The Labute approximate surface area is 101 Å². The summed E-state index contributed by atoms with van der Waals surface area (Å²) in [7, 11) is 0. The van der Waals surface area contributed by atoms with E-state index in [4.69, 9.17) is 5.11 Å². The number of carbonyl (C=O) groups excluding carboxylic acids is 1. The predicted molar refractivity (Wildman–Crippen MR) is 62.6 cm³/mol. The SMILES string of the molecule is CC1(C)CC1NC(=O)NC(CC(=O)O)C1CC1. The molecule has 0 aromatic heterocycles. The Morgan fingerprint density at radius 1 is 1.41 bits per heavy atom. The summed E-state index contributed by atoms with van der Waals surface area (Å²) in [6.07, 6.45) is 3.06. The van der Waals surface area contributed by atoms with Crippen molar-refractivity contribution in [2.45, 2.75) is 51.6 Å². The maximum Gasteiger partial charge on any atom is 0.315 e. The molecule has 0 spiro atoms.